The van der Waals surface area contributed by atoms with Gasteiger partial charge in [0.05, 0.1) is 7.11 Å². The second kappa shape index (κ2) is 5.92. The fourth-order valence-corrected chi connectivity index (χ4v) is 1.25. The van der Waals surface area contributed by atoms with Gasteiger partial charge in [0.15, 0.2) is 0 Å². The fraction of sp³-hybridized carbons (Fsp3) is 0.250. The van der Waals surface area contributed by atoms with E-state index in [4.69, 9.17) is 4.74 Å². The summed E-state index contributed by atoms with van der Waals surface area (Å²) in [5.74, 6) is 0.744. The molecule has 4 heteroatoms. The van der Waals surface area contributed by atoms with Gasteiger partial charge in [-0.1, -0.05) is 11.2 Å². The number of rotatable bonds is 5. The van der Waals surface area contributed by atoms with Gasteiger partial charge in [-0.2, -0.15) is 0 Å². The molecule has 0 heterocycles. The summed E-state index contributed by atoms with van der Waals surface area (Å²) >= 11 is 0. The number of nitrogens with zero attached hydrogens (tertiary/aromatic N) is 1. The van der Waals surface area contributed by atoms with Crippen LogP contribution < -0.4 is 4.74 Å². The number of oxime groups is 1. The predicted octanol–water partition coefficient (Wildman–Crippen LogP) is 1.59. The number of hydrogen-bond donors (Lipinski definition) is 1. The third kappa shape index (κ3) is 2.84. The maximum Gasteiger partial charge on any atom is 0.119 e. The monoisotopic (exact) mass is 221 g/mol. The maximum absolute atomic E-state index is 9.67. The number of methoxy groups -OCH3 is 1. The highest BCUT2D eigenvalue weighted by Crippen LogP contribution is 2.13. The highest BCUT2D eigenvalue weighted by molar-refractivity contribution is 6.04. The van der Waals surface area contributed by atoms with Gasteiger partial charge in [-0.3, -0.25) is 0 Å². The van der Waals surface area contributed by atoms with Gasteiger partial charge >= 0.3 is 0 Å². The molecule has 4 nitrogen and oxygen atoms in total. The van der Waals surface area contributed by atoms with Crippen molar-refractivity contribution >= 4 is 5.71 Å². The molecule has 1 aromatic rings. The first-order chi connectivity index (χ1) is 7.72. The van der Waals surface area contributed by atoms with Crippen molar-refractivity contribution in [2.24, 2.45) is 5.16 Å². The van der Waals surface area contributed by atoms with Crippen molar-refractivity contribution in [3.8, 4) is 5.75 Å². The molecule has 0 aliphatic rings. The number of benzene rings is 1. The molecule has 1 N–H and O–H groups in total. The second-order valence-corrected chi connectivity index (χ2v) is 3.07. The van der Waals surface area contributed by atoms with Gasteiger partial charge in [0.1, 0.15) is 24.7 Å². The van der Waals surface area contributed by atoms with E-state index in [1.165, 1.54) is 13.2 Å². The third-order valence-corrected chi connectivity index (χ3v) is 2.08. The molecule has 0 aromatic heterocycles. The van der Waals surface area contributed by atoms with Crippen molar-refractivity contribution in [1.29, 1.82) is 0 Å². The van der Waals surface area contributed by atoms with E-state index in [0.29, 0.717) is 5.71 Å². The lowest BCUT2D eigenvalue weighted by atomic mass is 10.1. The summed E-state index contributed by atoms with van der Waals surface area (Å²) in [7, 11) is 3.02. The van der Waals surface area contributed by atoms with Gasteiger partial charge in [-0.15, -0.1) is 6.58 Å². The normalized spacial score (nSPS) is 13.1. The van der Waals surface area contributed by atoms with Crippen LogP contribution in [0.2, 0.25) is 0 Å². The lowest BCUT2D eigenvalue weighted by molar-refractivity contribution is 0.204. The summed E-state index contributed by atoms with van der Waals surface area (Å²) < 4.78 is 5.04. The summed E-state index contributed by atoms with van der Waals surface area (Å²) in [4.78, 5) is 4.69. The molecular formula is C12H15NO3. The standard InChI is InChI=1S/C12H15NO3/c1-4-11(14)12(13-16-3)9-5-7-10(15-2)8-6-9/h4-8,11,14H,1H2,2-3H3/b13-12-. The molecule has 1 atom stereocenters. The molecule has 1 rings (SSSR count). The molecule has 0 aliphatic carbocycles. The molecule has 0 amide bonds. The van der Waals surface area contributed by atoms with Crippen LogP contribution in [0.3, 0.4) is 0 Å². The number of ether oxygens (including phenoxy) is 1. The Morgan fingerprint density at radius 2 is 2.00 bits per heavy atom. The Morgan fingerprint density at radius 1 is 1.38 bits per heavy atom. The molecule has 0 aliphatic heterocycles. The van der Waals surface area contributed by atoms with Crippen LogP contribution in [0.4, 0.5) is 0 Å². The zero-order chi connectivity index (χ0) is 12.0. The lowest BCUT2D eigenvalue weighted by Gasteiger charge is -2.09. The van der Waals surface area contributed by atoms with E-state index in [1.807, 2.05) is 0 Å². The van der Waals surface area contributed by atoms with E-state index in [1.54, 1.807) is 31.4 Å². The molecule has 1 unspecified atom stereocenters. The topological polar surface area (TPSA) is 51.1 Å². The Bertz CT molecular complexity index is 370. The average molecular weight is 221 g/mol. The van der Waals surface area contributed by atoms with Crippen LogP contribution in [0.25, 0.3) is 0 Å². The molecule has 0 spiro atoms. The van der Waals surface area contributed by atoms with Gasteiger partial charge in [0, 0.05) is 5.56 Å². The first kappa shape index (κ1) is 12.3. The maximum atomic E-state index is 9.67. The predicted molar refractivity (Wildman–Crippen MR) is 62.7 cm³/mol. The van der Waals surface area contributed by atoms with Gasteiger partial charge in [0.2, 0.25) is 0 Å². The van der Waals surface area contributed by atoms with Crippen molar-refractivity contribution in [3.63, 3.8) is 0 Å². The molecule has 0 bridgehead atoms. The van der Waals surface area contributed by atoms with Crippen LogP contribution in [0.15, 0.2) is 42.1 Å². The van der Waals surface area contributed by atoms with Crippen LogP contribution in [0.1, 0.15) is 5.56 Å². The van der Waals surface area contributed by atoms with E-state index < -0.39 is 6.10 Å². The van der Waals surface area contributed by atoms with Gasteiger partial charge < -0.3 is 14.7 Å². The van der Waals surface area contributed by atoms with E-state index in [2.05, 4.69) is 16.6 Å². The van der Waals surface area contributed by atoms with Crippen molar-refractivity contribution in [3.05, 3.63) is 42.5 Å². The third-order valence-electron chi connectivity index (χ3n) is 2.08. The zero-order valence-corrected chi connectivity index (χ0v) is 9.38. The molecule has 0 saturated heterocycles. The van der Waals surface area contributed by atoms with Crippen LogP contribution in [-0.2, 0) is 4.84 Å². The molecule has 0 fully saturated rings. The van der Waals surface area contributed by atoms with E-state index in [-0.39, 0.29) is 0 Å². The van der Waals surface area contributed by atoms with E-state index in [9.17, 15) is 5.11 Å². The molecular weight excluding hydrogens is 206 g/mol. The Kier molecular flexibility index (Phi) is 4.54. The molecule has 16 heavy (non-hydrogen) atoms. The highest BCUT2D eigenvalue weighted by Gasteiger charge is 2.12. The highest BCUT2D eigenvalue weighted by atomic mass is 16.6. The Labute approximate surface area is 94.8 Å². The number of aliphatic hydroxyl groups is 1. The summed E-state index contributed by atoms with van der Waals surface area (Å²) in [6, 6.07) is 7.17. The second-order valence-electron chi connectivity index (χ2n) is 3.07. The zero-order valence-electron chi connectivity index (χ0n) is 9.38. The summed E-state index contributed by atoms with van der Waals surface area (Å²) in [5, 5.41) is 13.4. The van der Waals surface area contributed by atoms with Gasteiger partial charge in [-0.05, 0) is 24.3 Å². The number of hydrogen-bond acceptors (Lipinski definition) is 4. The summed E-state index contributed by atoms with van der Waals surface area (Å²) in [5.41, 5.74) is 1.18. The summed E-state index contributed by atoms with van der Waals surface area (Å²) in [6.45, 7) is 3.51. The van der Waals surface area contributed by atoms with Gasteiger partial charge in [-0.25, -0.2) is 0 Å². The first-order valence-corrected chi connectivity index (χ1v) is 4.79. The minimum absolute atomic E-state index is 0.417. The molecule has 86 valence electrons. The molecule has 0 radical (unpaired) electrons. The quantitative estimate of drug-likeness (QED) is 0.466. The van der Waals surface area contributed by atoms with Crippen LogP contribution >= 0.6 is 0 Å². The minimum Gasteiger partial charge on any atom is -0.497 e. The largest absolute Gasteiger partial charge is 0.497 e. The van der Waals surface area contributed by atoms with Crippen molar-refractivity contribution in [2.45, 2.75) is 6.10 Å². The van der Waals surface area contributed by atoms with Crippen LogP contribution in [0, 0.1) is 0 Å². The Hall–Kier alpha value is -1.81. The van der Waals surface area contributed by atoms with Crippen LogP contribution in [-0.4, -0.2) is 31.1 Å². The lowest BCUT2D eigenvalue weighted by Crippen LogP contribution is -2.19. The van der Waals surface area contributed by atoms with Crippen molar-refractivity contribution in [1.82, 2.24) is 0 Å². The first-order valence-electron chi connectivity index (χ1n) is 4.79. The molecule has 0 saturated carbocycles. The average Bonchev–Trinajstić information content (AvgIpc) is 2.35. The number of aliphatic hydroxyl groups excluding tert-OH is 1. The Balaban J connectivity index is 3.02. The van der Waals surface area contributed by atoms with E-state index >= 15 is 0 Å². The van der Waals surface area contributed by atoms with Crippen LogP contribution in [0.5, 0.6) is 5.75 Å². The smallest absolute Gasteiger partial charge is 0.119 e. The van der Waals surface area contributed by atoms with E-state index in [0.717, 1.165) is 11.3 Å². The summed E-state index contributed by atoms with van der Waals surface area (Å²) in [6.07, 6.45) is 0.538. The minimum atomic E-state index is -0.853. The molecule has 1 aromatic carbocycles. The van der Waals surface area contributed by atoms with Crippen molar-refractivity contribution < 1.29 is 14.7 Å². The Morgan fingerprint density at radius 3 is 2.44 bits per heavy atom. The van der Waals surface area contributed by atoms with Crippen molar-refractivity contribution in [2.75, 3.05) is 14.2 Å². The van der Waals surface area contributed by atoms with Gasteiger partial charge in [0.25, 0.3) is 0 Å². The SMILES string of the molecule is C=CC(O)/C(=N\OC)c1ccc(OC)cc1. The fourth-order valence-electron chi connectivity index (χ4n) is 1.25.